The fourth-order valence-electron chi connectivity index (χ4n) is 1.79. The molecule has 1 atom stereocenters. The minimum absolute atomic E-state index is 0.168. The van der Waals surface area contributed by atoms with E-state index in [1.807, 2.05) is 30.3 Å². The molecule has 2 rings (SSSR count). The second-order valence-electron chi connectivity index (χ2n) is 4.14. The molecule has 3 heteroatoms. The lowest BCUT2D eigenvalue weighted by Crippen LogP contribution is -1.88. The summed E-state index contributed by atoms with van der Waals surface area (Å²) in [4.78, 5) is 6.17. The van der Waals surface area contributed by atoms with Crippen LogP contribution in [0.2, 0.25) is 0 Å². The van der Waals surface area contributed by atoms with Crippen LogP contribution in [-0.2, 0) is 0 Å². The van der Waals surface area contributed by atoms with Gasteiger partial charge in [-0.25, -0.2) is 6.57 Å². The number of thioether (sulfide) groups is 2. The fraction of sp³-hybridized carbons (Fsp3) is 0.188. The van der Waals surface area contributed by atoms with Gasteiger partial charge in [-0.1, -0.05) is 36.4 Å². The average Bonchev–Trinajstić information content (AvgIpc) is 2.47. The Morgan fingerprint density at radius 3 is 2.47 bits per heavy atom. The van der Waals surface area contributed by atoms with Gasteiger partial charge in [-0.2, -0.15) is 0 Å². The van der Waals surface area contributed by atoms with E-state index < -0.39 is 0 Å². The highest BCUT2D eigenvalue weighted by molar-refractivity contribution is 8.00. The lowest BCUT2D eigenvalue weighted by Gasteiger charge is -2.08. The molecule has 0 saturated heterocycles. The molecule has 0 N–H and O–H groups in total. The van der Waals surface area contributed by atoms with Crippen LogP contribution in [0, 0.1) is 13.5 Å². The van der Waals surface area contributed by atoms with Crippen molar-refractivity contribution in [2.75, 3.05) is 6.26 Å². The Balaban J connectivity index is 2.22. The largest absolute Gasteiger partial charge is 0.298 e. The lowest BCUT2D eigenvalue weighted by molar-refractivity contribution is 1.19. The summed E-state index contributed by atoms with van der Waals surface area (Å²) in [5, 5.41) is -0.168. The van der Waals surface area contributed by atoms with Crippen LogP contribution in [0.4, 0.5) is 0 Å². The molecule has 19 heavy (non-hydrogen) atoms. The smallest absolute Gasteiger partial charge is 0.296 e. The second-order valence-corrected chi connectivity index (χ2v) is 6.14. The summed E-state index contributed by atoms with van der Waals surface area (Å²) in [5.74, 6) is 0. The first-order chi connectivity index (χ1) is 9.24. The summed E-state index contributed by atoms with van der Waals surface area (Å²) in [6, 6.07) is 16.4. The van der Waals surface area contributed by atoms with Gasteiger partial charge in [0.25, 0.3) is 5.37 Å². The monoisotopic (exact) mass is 285 g/mol. The molecular formula is C16H15NS2. The van der Waals surface area contributed by atoms with E-state index in [2.05, 4.69) is 36.2 Å². The first-order valence-corrected chi connectivity index (χ1v) is 8.08. The first-order valence-electron chi connectivity index (χ1n) is 5.97. The third kappa shape index (κ3) is 3.56. The molecule has 0 amide bonds. The molecule has 0 aliphatic heterocycles. The average molecular weight is 285 g/mol. The Bertz CT molecular complexity index is 587. The number of hydrogen-bond donors (Lipinski definition) is 0. The SMILES string of the molecule is [C-]#[N+]C(Sc1ccc(C)c(SC)c1)c1ccccc1. The van der Waals surface area contributed by atoms with Crippen molar-refractivity contribution in [2.45, 2.75) is 22.1 Å². The van der Waals surface area contributed by atoms with E-state index in [1.165, 1.54) is 10.5 Å². The van der Waals surface area contributed by atoms with E-state index >= 15 is 0 Å². The van der Waals surface area contributed by atoms with Gasteiger partial charge in [0.05, 0.1) is 0 Å². The van der Waals surface area contributed by atoms with Crippen molar-refractivity contribution in [3.05, 3.63) is 71.1 Å². The molecule has 0 fully saturated rings. The second kappa shape index (κ2) is 6.70. The summed E-state index contributed by atoms with van der Waals surface area (Å²) >= 11 is 3.36. The maximum Gasteiger partial charge on any atom is 0.298 e. The highest BCUT2D eigenvalue weighted by Crippen LogP contribution is 2.38. The molecule has 0 aromatic heterocycles. The Morgan fingerprint density at radius 1 is 1.11 bits per heavy atom. The summed E-state index contributed by atoms with van der Waals surface area (Å²) in [6.07, 6.45) is 2.08. The van der Waals surface area contributed by atoms with Crippen molar-refractivity contribution in [1.82, 2.24) is 0 Å². The zero-order valence-electron chi connectivity index (χ0n) is 11.0. The van der Waals surface area contributed by atoms with Crippen molar-refractivity contribution < 1.29 is 0 Å². The molecule has 2 aromatic rings. The highest BCUT2D eigenvalue weighted by Gasteiger charge is 2.17. The van der Waals surface area contributed by atoms with E-state index in [-0.39, 0.29) is 5.37 Å². The molecule has 0 aliphatic rings. The normalized spacial score (nSPS) is 11.8. The van der Waals surface area contributed by atoms with Crippen LogP contribution in [0.1, 0.15) is 16.5 Å². The van der Waals surface area contributed by atoms with Gasteiger partial charge in [0, 0.05) is 15.4 Å². The number of rotatable bonds is 4. The fourth-order valence-corrected chi connectivity index (χ4v) is 3.43. The molecule has 0 aliphatic carbocycles. The number of benzene rings is 2. The van der Waals surface area contributed by atoms with Gasteiger partial charge in [-0.3, -0.25) is 4.85 Å². The molecule has 0 saturated carbocycles. The molecular weight excluding hydrogens is 270 g/mol. The van der Waals surface area contributed by atoms with Crippen molar-refractivity contribution >= 4 is 23.5 Å². The summed E-state index contributed by atoms with van der Waals surface area (Å²) in [6.45, 7) is 9.50. The first kappa shape index (κ1) is 14.0. The zero-order valence-corrected chi connectivity index (χ0v) is 12.6. The Morgan fingerprint density at radius 2 is 1.84 bits per heavy atom. The van der Waals surface area contributed by atoms with Gasteiger partial charge in [0.1, 0.15) is 0 Å². The molecule has 0 bridgehead atoms. The predicted molar refractivity (Wildman–Crippen MR) is 84.6 cm³/mol. The van der Waals surface area contributed by atoms with Gasteiger partial charge in [-0.05, 0) is 42.6 Å². The third-order valence-corrected chi connectivity index (χ3v) is 4.84. The molecule has 2 aromatic carbocycles. The predicted octanol–water partition coefficient (Wildman–Crippen LogP) is 5.43. The third-order valence-electron chi connectivity index (χ3n) is 2.83. The quantitative estimate of drug-likeness (QED) is 0.545. The minimum Gasteiger partial charge on any atom is -0.296 e. The van der Waals surface area contributed by atoms with Crippen LogP contribution < -0.4 is 0 Å². The molecule has 0 spiro atoms. The van der Waals surface area contributed by atoms with Crippen molar-refractivity contribution in [3.63, 3.8) is 0 Å². The van der Waals surface area contributed by atoms with Crippen LogP contribution >= 0.6 is 23.5 Å². The Kier molecular flexibility index (Phi) is 4.95. The Hall–Kier alpha value is -1.37. The van der Waals surface area contributed by atoms with Crippen molar-refractivity contribution in [1.29, 1.82) is 0 Å². The van der Waals surface area contributed by atoms with Crippen LogP contribution in [0.25, 0.3) is 4.85 Å². The summed E-state index contributed by atoms with van der Waals surface area (Å²) in [5.41, 5.74) is 2.35. The van der Waals surface area contributed by atoms with Crippen LogP contribution in [-0.4, -0.2) is 6.26 Å². The van der Waals surface area contributed by atoms with Crippen LogP contribution in [0.3, 0.4) is 0 Å². The minimum atomic E-state index is -0.168. The van der Waals surface area contributed by atoms with E-state index in [0.717, 1.165) is 10.5 Å². The van der Waals surface area contributed by atoms with E-state index in [0.29, 0.717) is 0 Å². The van der Waals surface area contributed by atoms with Gasteiger partial charge < -0.3 is 0 Å². The van der Waals surface area contributed by atoms with Gasteiger partial charge in [-0.15, -0.1) is 11.8 Å². The van der Waals surface area contributed by atoms with Gasteiger partial charge in [0.2, 0.25) is 0 Å². The molecule has 0 heterocycles. The maximum atomic E-state index is 7.39. The van der Waals surface area contributed by atoms with Crippen molar-refractivity contribution in [2.24, 2.45) is 0 Å². The Labute approximate surface area is 123 Å². The summed E-state index contributed by atoms with van der Waals surface area (Å²) < 4.78 is 0. The van der Waals surface area contributed by atoms with Gasteiger partial charge in [0.15, 0.2) is 0 Å². The standard InChI is InChI=1S/C16H15NS2/c1-12-9-10-14(11-15(12)18-3)19-16(17-2)13-7-5-4-6-8-13/h4-11,16H,1,3H3. The molecule has 1 unspecified atom stereocenters. The van der Waals surface area contributed by atoms with Crippen LogP contribution in [0.15, 0.2) is 58.3 Å². The number of hydrogen-bond acceptors (Lipinski definition) is 2. The van der Waals surface area contributed by atoms with E-state index in [1.54, 1.807) is 23.5 Å². The number of nitrogens with zero attached hydrogens (tertiary/aromatic N) is 1. The van der Waals surface area contributed by atoms with E-state index in [4.69, 9.17) is 6.57 Å². The topological polar surface area (TPSA) is 4.36 Å². The molecule has 1 nitrogen and oxygen atoms in total. The van der Waals surface area contributed by atoms with Crippen molar-refractivity contribution in [3.8, 4) is 0 Å². The zero-order chi connectivity index (χ0) is 13.7. The number of aryl methyl sites for hydroxylation is 1. The van der Waals surface area contributed by atoms with Gasteiger partial charge >= 0.3 is 0 Å². The maximum absolute atomic E-state index is 7.39. The highest BCUT2D eigenvalue weighted by atomic mass is 32.2. The summed E-state index contributed by atoms with van der Waals surface area (Å²) in [7, 11) is 0. The lowest BCUT2D eigenvalue weighted by atomic mass is 10.2. The molecule has 96 valence electrons. The molecule has 0 radical (unpaired) electrons. The van der Waals surface area contributed by atoms with E-state index in [9.17, 15) is 0 Å². The van der Waals surface area contributed by atoms with Crippen LogP contribution in [0.5, 0.6) is 0 Å².